The van der Waals surface area contributed by atoms with Crippen molar-refractivity contribution >= 4 is 19.5 Å². The summed E-state index contributed by atoms with van der Waals surface area (Å²) in [5.74, 6) is -1.07. The van der Waals surface area contributed by atoms with Crippen LogP contribution >= 0.6 is 7.52 Å². The van der Waals surface area contributed by atoms with E-state index in [0.29, 0.717) is 13.2 Å². The Kier molecular flexibility index (Phi) is 14.3. The second-order valence-electron chi connectivity index (χ2n) is 5.20. The molecule has 0 saturated heterocycles. The van der Waals surface area contributed by atoms with Crippen LogP contribution in [0, 0.1) is 5.92 Å². The van der Waals surface area contributed by atoms with Crippen LogP contribution in [0.4, 0.5) is 0 Å². The first-order valence-electron chi connectivity index (χ1n) is 7.69. The van der Waals surface area contributed by atoms with Crippen LogP contribution in [0.3, 0.4) is 0 Å². The molecule has 0 saturated carbocycles. The molecule has 0 fully saturated rings. The van der Waals surface area contributed by atoms with Crippen molar-refractivity contribution in [2.75, 3.05) is 26.4 Å². The quantitative estimate of drug-likeness (QED) is 0.321. The molecule has 4 N–H and O–H groups in total. The number of ether oxygens (including phenoxy) is 2. The lowest BCUT2D eigenvalue weighted by Crippen LogP contribution is -2.28. The van der Waals surface area contributed by atoms with Gasteiger partial charge >= 0.3 is 11.9 Å². The number of hydrogen-bond acceptors (Lipinski definition) is 6. The van der Waals surface area contributed by atoms with E-state index in [1.165, 1.54) is 6.66 Å². The predicted octanol–water partition coefficient (Wildman–Crippen LogP) is 1.27. The lowest BCUT2D eigenvalue weighted by atomic mass is 10.2. The molecular weight excluding hydrogens is 323 g/mol. The van der Waals surface area contributed by atoms with Gasteiger partial charge in [-0.1, -0.05) is 20.3 Å². The number of hydrogen-bond donors (Lipinski definition) is 3. The summed E-state index contributed by atoms with van der Waals surface area (Å²) < 4.78 is 20.3. The molecule has 9 heteroatoms. The molecular formula is C14H31N2O6P. The smallest absolute Gasteiger partial charge is 0.322 e. The van der Waals surface area contributed by atoms with Crippen LogP contribution in [0.25, 0.3) is 0 Å². The Morgan fingerprint density at radius 2 is 1.78 bits per heavy atom. The number of carbonyl (C=O) groups excluding carboxylic acids is 2. The van der Waals surface area contributed by atoms with Gasteiger partial charge in [-0.3, -0.25) is 14.2 Å². The minimum Gasteiger partial charge on any atom is -0.466 e. The number of unbranched alkanes of at least 4 members (excludes halogenated alkanes) is 1. The molecule has 0 amide bonds. The van der Waals surface area contributed by atoms with Crippen LogP contribution < -0.4 is 10.8 Å². The van der Waals surface area contributed by atoms with E-state index >= 15 is 0 Å². The molecule has 0 aromatic carbocycles. The van der Waals surface area contributed by atoms with Gasteiger partial charge < -0.3 is 20.1 Å². The van der Waals surface area contributed by atoms with Crippen LogP contribution in [-0.2, 0) is 23.6 Å². The summed E-state index contributed by atoms with van der Waals surface area (Å²) in [4.78, 5) is 30.6. The zero-order valence-corrected chi connectivity index (χ0v) is 15.6. The topological polar surface area (TPSA) is 128 Å². The second-order valence-corrected chi connectivity index (χ2v) is 7.28. The molecule has 0 bridgehead atoms. The summed E-state index contributed by atoms with van der Waals surface area (Å²) in [6.45, 7) is 9.18. The zero-order chi connectivity index (χ0) is 18.5. The monoisotopic (exact) mass is 354 g/mol. The minimum absolute atomic E-state index is 0.156. The first-order chi connectivity index (χ1) is 10.5. The van der Waals surface area contributed by atoms with E-state index in [2.05, 4.69) is 5.09 Å². The second kappa shape index (κ2) is 13.5. The maximum Gasteiger partial charge on any atom is 0.322 e. The van der Waals surface area contributed by atoms with Crippen molar-refractivity contribution in [3.05, 3.63) is 0 Å². The van der Waals surface area contributed by atoms with Gasteiger partial charge in [0.25, 0.3) is 7.52 Å². The summed E-state index contributed by atoms with van der Waals surface area (Å²) in [7, 11) is -3.24. The summed E-state index contributed by atoms with van der Waals surface area (Å²) >= 11 is 0. The van der Waals surface area contributed by atoms with Crippen molar-refractivity contribution in [1.82, 2.24) is 5.09 Å². The van der Waals surface area contributed by atoms with Gasteiger partial charge in [-0.2, -0.15) is 0 Å². The lowest BCUT2D eigenvalue weighted by Gasteiger charge is -2.12. The first-order valence-corrected chi connectivity index (χ1v) is 9.80. The fraction of sp³-hybridized carbons (Fsp3) is 0.857. The van der Waals surface area contributed by atoms with E-state index in [1.54, 1.807) is 20.8 Å². The van der Waals surface area contributed by atoms with Crippen molar-refractivity contribution in [3.63, 3.8) is 0 Å². The lowest BCUT2D eigenvalue weighted by molar-refractivity contribution is -0.147. The van der Waals surface area contributed by atoms with Crippen LogP contribution in [0.1, 0.15) is 40.5 Å². The van der Waals surface area contributed by atoms with Crippen molar-refractivity contribution in [1.29, 1.82) is 0 Å². The van der Waals surface area contributed by atoms with Crippen LogP contribution in [-0.4, -0.2) is 49.3 Å². The number of esters is 2. The third-order valence-corrected chi connectivity index (χ3v) is 3.26. The molecule has 0 aromatic heterocycles. The highest BCUT2D eigenvalue weighted by molar-refractivity contribution is 7.54. The van der Waals surface area contributed by atoms with E-state index in [-0.39, 0.29) is 18.5 Å². The van der Waals surface area contributed by atoms with E-state index in [4.69, 9.17) is 20.1 Å². The number of rotatable bonds is 9. The average molecular weight is 354 g/mol. The van der Waals surface area contributed by atoms with Gasteiger partial charge in [-0.15, -0.1) is 0 Å². The van der Waals surface area contributed by atoms with Crippen molar-refractivity contribution in [3.8, 4) is 0 Å². The van der Waals surface area contributed by atoms with Crippen molar-refractivity contribution in [2.45, 2.75) is 46.6 Å². The van der Waals surface area contributed by atoms with Gasteiger partial charge in [0, 0.05) is 13.2 Å². The van der Waals surface area contributed by atoms with Crippen LogP contribution in [0.15, 0.2) is 0 Å². The molecule has 3 unspecified atom stereocenters. The van der Waals surface area contributed by atoms with E-state index < -0.39 is 19.5 Å². The van der Waals surface area contributed by atoms with E-state index in [1.807, 2.05) is 6.92 Å². The van der Waals surface area contributed by atoms with Crippen molar-refractivity contribution in [2.24, 2.45) is 11.7 Å². The Morgan fingerprint density at radius 1 is 1.22 bits per heavy atom. The molecule has 8 nitrogen and oxygen atoms in total. The van der Waals surface area contributed by atoms with Gasteiger partial charge in [-0.25, -0.2) is 5.09 Å². The normalized spacial score (nSPS) is 15.4. The standard InChI is InChI=1S/C7H16NO4P.C7H15NO2/c1-4-12-7(9)6(2)5-8-13(3,10)11;1-3-4-5-10-7(9)6(2)8/h6H,4-5H2,1-3H3,(H2,8,10,11);6H,3-5,8H2,1-2H3. The molecule has 3 atom stereocenters. The van der Waals surface area contributed by atoms with Gasteiger partial charge in [-0.05, 0) is 20.3 Å². The minimum atomic E-state index is -3.24. The highest BCUT2D eigenvalue weighted by Gasteiger charge is 2.17. The third-order valence-electron chi connectivity index (χ3n) is 2.49. The highest BCUT2D eigenvalue weighted by atomic mass is 31.2. The van der Waals surface area contributed by atoms with Gasteiger partial charge in [0.15, 0.2) is 0 Å². The Labute approximate surface area is 138 Å². The predicted molar refractivity (Wildman–Crippen MR) is 89.1 cm³/mol. The van der Waals surface area contributed by atoms with Gasteiger partial charge in [0.05, 0.1) is 19.1 Å². The maximum atomic E-state index is 11.0. The molecule has 0 aromatic rings. The molecule has 0 rings (SSSR count). The third kappa shape index (κ3) is 17.2. The fourth-order valence-corrected chi connectivity index (χ4v) is 1.74. The van der Waals surface area contributed by atoms with Gasteiger partial charge in [0.2, 0.25) is 0 Å². The molecule has 0 aliphatic rings. The molecule has 0 aliphatic heterocycles. The molecule has 138 valence electrons. The van der Waals surface area contributed by atoms with E-state index in [9.17, 15) is 14.2 Å². The number of nitrogens with one attached hydrogen (secondary N) is 1. The van der Waals surface area contributed by atoms with Crippen molar-refractivity contribution < 1.29 is 28.5 Å². The summed E-state index contributed by atoms with van der Waals surface area (Å²) in [6, 6.07) is -0.489. The number of nitrogens with two attached hydrogens (primary N) is 1. The fourth-order valence-electron chi connectivity index (χ4n) is 1.12. The Hall–Kier alpha value is -0.950. The highest BCUT2D eigenvalue weighted by Crippen LogP contribution is 2.28. The summed E-state index contributed by atoms with van der Waals surface area (Å²) in [5.41, 5.74) is 5.24. The largest absolute Gasteiger partial charge is 0.466 e. The average Bonchev–Trinajstić information content (AvgIpc) is 2.45. The SMILES string of the molecule is CCCCOC(=O)C(C)N.CCOC(=O)C(C)CNP(C)(=O)O. The number of carbonyl (C=O) groups is 2. The Morgan fingerprint density at radius 3 is 2.17 bits per heavy atom. The first kappa shape index (κ1) is 24.3. The van der Waals surface area contributed by atoms with Crippen LogP contribution in [0.2, 0.25) is 0 Å². The molecule has 0 heterocycles. The Balaban J connectivity index is 0. The molecule has 0 spiro atoms. The zero-order valence-electron chi connectivity index (χ0n) is 14.7. The molecule has 23 heavy (non-hydrogen) atoms. The summed E-state index contributed by atoms with van der Waals surface area (Å²) in [6.07, 6.45) is 1.95. The molecule has 0 radical (unpaired) electrons. The van der Waals surface area contributed by atoms with Crippen LogP contribution in [0.5, 0.6) is 0 Å². The molecule has 0 aliphatic carbocycles. The Bertz CT molecular complexity index is 383. The van der Waals surface area contributed by atoms with E-state index in [0.717, 1.165) is 12.8 Å². The van der Waals surface area contributed by atoms with Gasteiger partial charge in [0.1, 0.15) is 6.04 Å². The maximum absolute atomic E-state index is 11.0. The summed E-state index contributed by atoms with van der Waals surface area (Å²) in [5, 5.41) is 2.37.